The number of fused-ring (bicyclic) bond motifs is 1. The van der Waals surface area contributed by atoms with Gasteiger partial charge in [-0.15, -0.1) is 0 Å². The molecule has 0 aliphatic heterocycles. The van der Waals surface area contributed by atoms with E-state index in [1.807, 2.05) is 57.2 Å². The van der Waals surface area contributed by atoms with Crippen LogP contribution in [0.25, 0.3) is 16.7 Å². The lowest BCUT2D eigenvalue weighted by atomic mass is 10.1. The molecule has 7 heteroatoms. The third kappa shape index (κ3) is 4.12. The van der Waals surface area contributed by atoms with Crippen LogP contribution in [0.1, 0.15) is 22.3 Å². The lowest BCUT2D eigenvalue weighted by molar-refractivity contribution is -0.131. The Balaban J connectivity index is 1.59. The Hall–Kier alpha value is -3.74. The molecule has 0 aliphatic carbocycles. The Kier molecular flexibility index (Phi) is 5.42. The first-order valence-electron chi connectivity index (χ1n) is 10.1. The minimum atomic E-state index is -0.279. The first-order valence-corrected chi connectivity index (χ1v) is 10.1. The standard InChI is InChI=1S/C24H25N5O2/c1-16-9-17(2)11-20(10-16)29-23-21(12-26-29)24(31)28(15-25-23)14-22(30)27(4)13-19-8-6-5-7-18(19)3/h5-12,15H,13-14H2,1-4H3. The number of benzene rings is 2. The van der Waals surface area contributed by atoms with Gasteiger partial charge < -0.3 is 4.90 Å². The van der Waals surface area contributed by atoms with Crippen LogP contribution in [0.3, 0.4) is 0 Å². The molecule has 0 spiro atoms. The van der Waals surface area contributed by atoms with Crippen molar-refractivity contribution < 1.29 is 4.79 Å². The van der Waals surface area contributed by atoms with E-state index in [1.54, 1.807) is 16.6 Å². The molecule has 2 aromatic heterocycles. The Morgan fingerprint density at radius 1 is 1.06 bits per heavy atom. The van der Waals surface area contributed by atoms with Crippen molar-refractivity contribution in [3.63, 3.8) is 0 Å². The van der Waals surface area contributed by atoms with Gasteiger partial charge in [0, 0.05) is 13.6 Å². The van der Waals surface area contributed by atoms with Crippen molar-refractivity contribution >= 4 is 16.9 Å². The number of hydrogen-bond donors (Lipinski definition) is 0. The first kappa shape index (κ1) is 20.5. The molecule has 2 heterocycles. The van der Waals surface area contributed by atoms with Crippen LogP contribution in [-0.2, 0) is 17.9 Å². The smallest absolute Gasteiger partial charge is 0.264 e. The van der Waals surface area contributed by atoms with Crippen molar-refractivity contribution in [3.8, 4) is 5.69 Å². The Bertz CT molecular complexity index is 1320. The Morgan fingerprint density at radius 3 is 2.48 bits per heavy atom. The molecule has 158 valence electrons. The molecular weight excluding hydrogens is 390 g/mol. The fourth-order valence-corrected chi connectivity index (χ4v) is 3.72. The number of aromatic nitrogens is 4. The van der Waals surface area contributed by atoms with E-state index in [1.165, 1.54) is 17.1 Å². The van der Waals surface area contributed by atoms with Crippen LogP contribution in [0.15, 0.2) is 59.8 Å². The van der Waals surface area contributed by atoms with Gasteiger partial charge in [0.2, 0.25) is 5.91 Å². The van der Waals surface area contributed by atoms with Gasteiger partial charge in [-0.2, -0.15) is 5.10 Å². The predicted molar refractivity (Wildman–Crippen MR) is 120 cm³/mol. The molecule has 0 fully saturated rings. The highest BCUT2D eigenvalue weighted by atomic mass is 16.2. The molecule has 2 aromatic carbocycles. The summed E-state index contributed by atoms with van der Waals surface area (Å²) in [6, 6.07) is 14.0. The monoisotopic (exact) mass is 415 g/mol. The van der Waals surface area contributed by atoms with Crippen LogP contribution in [-0.4, -0.2) is 37.2 Å². The second kappa shape index (κ2) is 8.18. The summed E-state index contributed by atoms with van der Waals surface area (Å²) in [5, 5.41) is 4.76. The maximum absolute atomic E-state index is 13.0. The quantitative estimate of drug-likeness (QED) is 0.502. The van der Waals surface area contributed by atoms with Crippen molar-refractivity contribution in [2.24, 2.45) is 0 Å². The lowest BCUT2D eigenvalue weighted by Gasteiger charge is -2.19. The van der Waals surface area contributed by atoms with Crippen LogP contribution in [0.5, 0.6) is 0 Å². The zero-order chi connectivity index (χ0) is 22.1. The Labute approximate surface area is 180 Å². The molecular formula is C24H25N5O2. The van der Waals surface area contributed by atoms with E-state index in [9.17, 15) is 9.59 Å². The number of rotatable bonds is 5. The number of likely N-dealkylation sites (N-methyl/N-ethyl adjacent to an activating group) is 1. The number of hydrogen-bond acceptors (Lipinski definition) is 4. The van der Waals surface area contributed by atoms with Crippen molar-refractivity contribution in [3.05, 3.63) is 87.6 Å². The van der Waals surface area contributed by atoms with E-state index in [-0.39, 0.29) is 18.0 Å². The van der Waals surface area contributed by atoms with Crippen LogP contribution in [0.4, 0.5) is 0 Å². The third-order valence-electron chi connectivity index (χ3n) is 5.41. The van der Waals surface area contributed by atoms with Crippen molar-refractivity contribution in [1.29, 1.82) is 0 Å². The molecule has 4 aromatic rings. The van der Waals surface area contributed by atoms with Gasteiger partial charge >= 0.3 is 0 Å². The summed E-state index contributed by atoms with van der Waals surface area (Å²) in [7, 11) is 1.74. The zero-order valence-corrected chi connectivity index (χ0v) is 18.2. The van der Waals surface area contributed by atoms with E-state index in [0.717, 1.165) is 27.9 Å². The summed E-state index contributed by atoms with van der Waals surface area (Å²) in [5.74, 6) is -0.159. The molecule has 0 unspecified atom stereocenters. The summed E-state index contributed by atoms with van der Waals surface area (Å²) in [4.78, 5) is 31.8. The van der Waals surface area contributed by atoms with Gasteiger partial charge in [-0.05, 0) is 55.2 Å². The van der Waals surface area contributed by atoms with Gasteiger partial charge in [0.15, 0.2) is 5.65 Å². The molecule has 0 radical (unpaired) electrons. The molecule has 0 saturated carbocycles. The largest absolute Gasteiger partial charge is 0.340 e. The number of aryl methyl sites for hydroxylation is 3. The van der Waals surface area contributed by atoms with Crippen molar-refractivity contribution in [2.45, 2.75) is 33.9 Å². The molecule has 1 amide bonds. The van der Waals surface area contributed by atoms with E-state index >= 15 is 0 Å². The molecule has 7 nitrogen and oxygen atoms in total. The fraction of sp³-hybridized carbons (Fsp3) is 0.250. The number of carbonyl (C=O) groups excluding carboxylic acids is 1. The maximum atomic E-state index is 13.0. The van der Waals surface area contributed by atoms with Gasteiger partial charge in [-0.25, -0.2) is 9.67 Å². The van der Waals surface area contributed by atoms with E-state index in [0.29, 0.717) is 17.6 Å². The van der Waals surface area contributed by atoms with Gasteiger partial charge in [-0.1, -0.05) is 30.3 Å². The third-order valence-corrected chi connectivity index (χ3v) is 5.41. The lowest BCUT2D eigenvalue weighted by Crippen LogP contribution is -2.33. The SMILES string of the molecule is Cc1cc(C)cc(-n2ncc3c(=O)n(CC(=O)N(C)Cc4ccccc4C)cnc32)c1. The summed E-state index contributed by atoms with van der Waals surface area (Å²) in [5.41, 5.74) is 5.47. The van der Waals surface area contributed by atoms with Gasteiger partial charge in [-0.3, -0.25) is 14.2 Å². The first-order chi connectivity index (χ1) is 14.8. The molecule has 0 N–H and O–H groups in total. The van der Waals surface area contributed by atoms with Crippen LogP contribution < -0.4 is 5.56 Å². The van der Waals surface area contributed by atoms with E-state index in [2.05, 4.69) is 16.1 Å². The molecule has 0 bridgehead atoms. The molecule has 0 atom stereocenters. The highest BCUT2D eigenvalue weighted by Gasteiger charge is 2.16. The van der Waals surface area contributed by atoms with E-state index in [4.69, 9.17) is 0 Å². The Morgan fingerprint density at radius 2 is 1.77 bits per heavy atom. The van der Waals surface area contributed by atoms with Crippen LogP contribution in [0.2, 0.25) is 0 Å². The molecule has 0 saturated heterocycles. The minimum Gasteiger partial charge on any atom is -0.340 e. The van der Waals surface area contributed by atoms with Crippen LogP contribution in [0, 0.1) is 20.8 Å². The van der Waals surface area contributed by atoms with E-state index < -0.39 is 0 Å². The minimum absolute atomic E-state index is 0.0705. The average Bonchev–Trinajstić information content (AvgIpc) is 3.16. The summed E-state index contributed by atoms with van der Waals surface area (Å²) in [6.45, 7) is 6.46. The normalized spacial score (nSPS) is 11.1. The zero-order valence-electron chi connectivity index (χ0n) is 18.2. The van der Waals surface area contributed by atoms with Crippen molar-refractivity contribution in [2.75, 3.05) is 7.05 Å². The summed E-state index contributed by atoms with van der Waals surface area (Å²) < 4.78 is 3.00. The second-order valence-corrected chi connectivity index (χ2v) is 7.99. The fourth-order valence-electron chi connectivity index (χ4n) is 3.72. The summed E-state index contributed by atoms with van der Waals surface area (Å²) >= 11 is 0. The molecule has 0 aliphatic rings. The number of nitrogens with zero attached hydrogens (tertiary/aromatic N) is 5. The number of amides is 1. The maximum Gasteiger partial charge on any atom is 0.264 e. The molecule has 4 rings (SSSR count). The topological polar surface area (TPSA) is 73.0 Å². The second-order valence-electron chi connectivity index (χ2n) is 7.99. The van der Waals surface area contributed by atoms with Crippen LogP contribution >= 0.6 is 0 Å². The van der Waals surface area contributed by atoms with Gasteiger partial charge in [0.1, 0.15) is 18.3 Å². The number of carbonyl (C=O) groups is 1. The average molecular weight is 415 g/mol. The van der Waals surface area contributed by atoms with Gasteiger partial charge in [0.05, 0.1) is 11.9 Å². The highest BCUT2D eigenvalue weighted by molar-refractivity contribution is 5.78. The van der Waals surface area contributed by atoms with Gasteiger partial charge in [0.25, 0.3) is 5.56 Å². The highest BCUT2D eigenvalue weighted by Crippen LogP contribution is 2.17. The predicted octanol–water partition coefficient (Wildman–Crippen LogP) is 3.17. The van der Waals surface area contributed by atoms with Crippen molar-refractivity contribution in [1.82, 2.24) is 24.2 Å². The summed E-state index contributed by atoms with van der Waals surface area (Å²) in [6.07, 6.45) is 2.94. The molecule has 31 heavy (non-hydrogen) atoms.